The molecule has 4 amide bonds. The van der Waals surface area contributed by atoms with Gasteiger partial charge in [0.05, 0.1) is 52.7 Å². The first-order valence-electron chi connectivity index (χ1n) is 19.8. The first kappa shape index (κ1) is 40.7. The molecule has 1 saturated carbocycles. The number of hydrogen-bond acceptors (Lipinski definition) is 9. The molecule has 0 spiro atoms. The number of para-hydroxylation sites is 1. The number of aromatic hydroxyl groups is 1. The van der Waals surface area contributed by atoms with Gasteiger partial charge in [-0.05, 0) is 78.8 Å². The zero-order valence-electron chi connectivity index (χ0n) is 32.4. The number of ether oxygens (including phenoxy) is 1. The van der Waals surface area contributed by atoms with Gasteiger partial charge in [-0.1, -0.05) is 71.3 Å². The van der Waals surface area contributed by atoms with Gasteiger partial charge in [0.1, 0.15) is 5.75 Å². The number of halogens is 5. The van der Waals surface area contributed by atoms with Crippen molar-refractivity contribution in [2.45, 2.75) is 36.8 Å². The number of anilines is 3. The fourth-order valence-corrected chi connectivity index (χ4v) is 10.5. The molecular weight excluding hydrogens is 834 g/mol. The predicted octanol–water partition coefficient (Wildman–Crippen LogP) is 7.87. The molecule has 2 aliphatic carbocycles. The normalized spacial score (nSPS) is 26.2. The number of morpholine rings is 1. The third-order valence-corrected chi connectivity index (χ3v) is 13.4. The quantitative estimate of drug-likeness (QED) is 0.134. The maximum atomic E-state index is 15.5. The summed E-state index contributed by atoms with van der Waals surface area (Å²) in [5.41, 5.74) is 2.78. The Morgan fingerprint density at radius 1 is 0.934 bits per heavy atom. The first-order valence-corrected chi connectivity index (χ1v) is 20.6. The van der Waals surface area contributed by atoms with Gasteiger partial charge in [-0.15, -0.1) is 6.58 Å². The molecule has 1 aromatic heterocycles. The number of phenolic OH excluding ortho intramolecular Hbond substituents is 1. The number of imide groups is 2. The zero-order valence-corrected chi connectivity index (χ0v) is 33.9. The van der Waals surface area contributed by atoms with E-state index >= 15 is 9.59 Å². The molecule has 4 heterocycles. The Kier molecular flexibility index (Phi) is 10.2. The summed E-state index contributed by atoms with van der Waals surface area (Å²) in [6.45, 7) is 6.41. The standard InChI is InChI=1S/C45H38Cl2F3N5O6/c1-2-4-24-5-3-6-32(38(24)56)37-30-15-16-31-36(42(59)54(40(31)57)29-13-11-28(12-14-29)53-17-19-61-20-18-53)33(30)22-34-41(58)55(43(60)44(34,37)25-7-9-27(46)10-8-25)52-39-35(47)21-26(23-51-39)45(48,49)50/h2-3,5-15,21,23,31,33-34,36-37,56H,1,4,16-20,22H2,(H,51,52). The van der Waals surface area contributed by atoms with Gasteiger partial charge in [-0.2, -0.15) is 18.2 Å². The topological polar surface area (TPSA) is 132 Å². The lowest BCUT2D eigenvalue weighted by Crippen LogP contribution is -2.53. The Bertz CT molecular complexity index is 2510. The van der Waals surface area contributed by atoms with Crippen LogP contribution in [0.25, 0.3) is 0 Å². The third-order valence-electron chi connectivity index (χ3n) is 12.9. The van der Waals surface area contributed by atoms with Crippen molar-refractivity contribution in [2.24, 2.45) is 23.7 Å². The van der Waals surface area contributed by atoms with Crippen LogP contribution in [0.4, 0.5) is 30.4 Å². The smallest absolute Gasteiger partial charge is 0.417 e. The SMILES string of the molecule is C=CCc1cccc(C2C3=CCC4C(=O)N(c5ccc(N6CCOCC6)cc5)C(=O)C4C3CC3C(=O)N(Nc4ncc(C(F)(F)F)cc4Cl)C(=O)C32c2ccc(Cl)cc2)c1O. The van der Waals surface area contributed by atoms with Gasteiger partial charge >= 0.3 is 6.18 Å². The summed E-state index contributed by atoms with van der Waals surface area (Å²) in [6, 6.07) is 19.4. The summed E-state index contributed by atoms with van der Waals surface area (Å²) in [4.78, 5) is 66.9. The molecular formula is C45H38Cl2F3N5O6. The molecule has 9 rings (SSSR count). The minimum atomic E-state index is -4.76. The lowest BCUT2D eigenvalue weighted by molar-refractivity contribution is -0.139. The highest BCUT2D eigenvalue weighted by molar-refractivity contribution is 6.33. The number of alkyl halides is 3. The van der Waals surface area contributed by atoms with Crippen LogP contribution in [0.1, 0.15) is 41.0 Å². The minimum absolute atomic E-state index is 0.0704. The number of benzene rings is 3. The Hall–Kier alpha value is -5.70. The average Bonchev–Trinajstić information content (AvgIpc) is 3.63. The molecule has 314 valence electrons. The van der Waals surface area contributed by atoms with Crippen molar-refractivity contribution in [3.05, 3.63) is 136 Å². The highest BCUT2D eigenvalue weighted by Crippen LogP contribution is 2.65. The number of amides is 4. The van der Waals surface area contributed by atoms with E-state index in [1.807, 2.05) is 18.2 Å². The molecule has 16 heteroatoms. The number of rotatable bonds is 8. The van der Waals surface area contributed by atoms with Crippen molar-refractivity contribution in [3.8, 4) is 5.75 Å². The Balaban J connectivity index is 1.18. The number of pyridine rings is 1. The number of aromatic nitrogens is 1. The van der Waals surface area contributed by atoms with Crippen molar-refractivity contribution in [2.75, 3.05) is 41.5 Å². The van der Waals surface area contributed by atoms with E-state index in [9.17, 15) is 27.9 Å². The van der Waals surface area contributed by atoms with E-state index < -0.39 is 69.5 Å². The zero-order chi connectivity index (χ0) is 43.0. The maximum Gasteiger partial charge on any atom is 0.417 e. The summed E-state index contributed by atoms with van der Waals surface area (Å²) < 4.78 is 46.2. The van der Waals surface area contributed by atoms with Crippen molar-refractivity contribution < 1.29 is 42.2 Å². The van der Waals surface area contributed by atoms with E-state index in [0.29, 0.717) is 71.5 Å². The lowest BCUT2D eigenvalue weighted by atomic mass is 9.49. The van der Waals surface area contributed by atoms with Gasteiger partial charge in [-0.25, -0.2) is 4.98 Å². The second-order valence-corrected chi connectivity index (χ2v) is 16.7. The number of carbonyl (C=O) groups excluding carboxylic acids is 4. The molecule has 6 unspecified atom stereocenters. The van der Waals surface area contributed by atoms with Crippen LogP contribution < -0.4 is 15.2 Å². The van der Waals surface area contributed by atoms with Crippen molar-refractivity contribution in [1.82, 2.24) is 9.99 Å². The van der Waals surface area contributed by atoms with Crippen LogP contribution in [-0.4, -0.2) is 65.0 Å². The number of allylic oxidation sites excluding steroid dienone is 3. The molecule has 6 atom stereocenters. The Labute approximate surface area is 358 Å². The number of phenols is 1. The molecule has 11 nitrogen and oxygen atoms in total. The number of hydrogen-bond donors (Lipinski definition) is 2. The first-order chi connectivity index (χ1) is 29.2. The number of fused-ring (bicyclic) bond motifs is 4. The lowest BCUT2D eigenvalue weighted by Gasteiger charge is -2.50. The van der Waals surface area contributed by atoms with Crippen LogP contribution >= 0.6 is 23.2 Å². The van der Waals surface area contributed by atoms with Crippen LogP contribution in [0.3, 0.4) is 0 Å². The van der Waals surface area contributed by atoms with Crippen LogP contribution in [0, 0.1) is 23.7 Å². The number of nitrogens with one attached hydrogen (secondary N) is 1. The number of nitrogens with zero attached hydrogens (tertiary/aromatic N) is 4. The van der Waals surface area contributed by atoms with Gasteiger partial charge in [0.25, 0.3) is 11.8 Å². The summed E-state index contributed by atoms with van der Waals surface area (Å²) >= 11 is 12.7. The van der Waals surface area contributed by atoms with Crippen LogP contribution in [0.5, 0.6) is 5.75 Å². The van der Waals surface area contributed by atoms with E-state index in [1.165, 1.54) is 4.90 Å². The fourth-order valence-electron chi connectivity index (χ4n) is 10.2. The summed E-state index contributed by atoms with van der Waals surface area (Å²) in [6.07, 6.45) is -0.406. The summed E-state index contributed by atoms with van der Waals surface area (Å²) in [5, 5.41) is 12.6. The molecule has 4 aromatic rings. The maximum absolute atomic E-state index is 15.5. The predicted molar refractivity (Wildman–Crippen MR) is 221 cm³/mol. The van der Waals surface area contributed by atoms with Crippen molar-refractivity contribution in [3.63, 3.8) is 0 Å². The second-order valence-electron chi connectivity index (χ2n) is 15.9. The molecule has 5 aliphatic rings. The van der Waals surface area contributed by atoms with Gasteiger partial charge in [0, 0.05) is 41.5 Å². The second kappa shape index (κ2) is 15.3. The van der Waals surface area contributed by atoms with Gasteiger partial charge in [0.15, 0.2) is 5.82 Å². The summed E-state index contributed by atoms with van der Waals surface area (Å²) in [5.74, 6) is -7.69. The Morgan fingerprint density at radius 3 is 2.31 bits per heavy atom. The van der Waals surface area contributed by atoms with Gasteiger partial charge < -0.3 is 14.7 Å². The molecule has 0 bridgehead atoms. The highest BCUT2D eigenvalue weighted by Gasteiger charge is 2.71. The van der Waals surface area contributed by atoms with E-state index in [1.54, 1.807) is 60.7 Å². The third kappa shape index (κ3) is 6.49. The van der Waals surface area contributed by atoms with Crippen LogP contribution in [0.15, 0.2) is 103 Å². The molecule has 3 saturated heterocycles. The van der Waals surface area contributed by atoms with Gasteiger partial charge in [0.2, 0.25) is 11.8 Å². The molecule has 3 aromatic carbocycles. The van der Waals surface area contributed by atoms with E-state index in [0.717, 1.165) is 10.7 Å². The van der Waals surface area contributed by atoms with Crippen LogP contribution in [0.2, 0.25) is 10.0 Å². The average molecular weight is 873 g/mol. The number of hydrazine groups is 1. The summed E-state index contributed by atoms with van der Waals surface area (Å²) in [7, 11) is 0. The van der Waals surface area contributed by atoms with Crippen LogP contribution in [-0.2, 0) is 41.9 Å². The van der Waals surface area contributed by atoms with E-state index in [2.05, 4.69) is 21.9 Å². The molecule has 61 heavy (non-hydrogen) atoms. The largest absolute Gasteiger partial charge is 0.507 e. The van der Waals surface area contributed by atoms with Gasteiger partial charge in [-0.3, -0.25) is 29.5 Å². The Morgan fingerprint density at radius 2 is 1.64 bits per heavy atom. The number of carbonyl (C=O) groups is 4. The van der Waals surface area contributed by atoms with Crippen molar-refractivity contribution in [1.29, 1.82) is 0 Å². The fraction of sp³-hybridized carbons (Fsp3) is 0.311. The molecule has 3 aliphatic heterocycles. The van der Waals surface area contributed by atoms with E-state index in [4.69, 9.17) is 27.9 Å². The molecule has 0 radical (unpaired) electrons. The minimum Gasteiger partial charge on any atom is -0.507 e. The molecule has 4 fully saturated rings. The highest BCUT2D eigenvalue weighted by atomic mass is 35.5. The molecule has 2 N–H and O–H groups in total. The monoisotopic (exact) mass is 871 g/mol. The van der Waals surface area contributed by atoms with Crippen molar-refractivity contribution >= 4 is 64.0 Å². The van der Waals surface area contributed by atoms with E-state index in [-0.39, 0.29) is 36.7 Å².